The Labute approximate surface area is 102 Å². The average Bonchev–Trinajstić information content (AvgIpc) is 2.26. The van der Waals surface area contributed by atoms with Crippen molar-refractivity contribution < 1.29 is 26.0 Å². The maximum atomic E-state index is 12.0. The van der Waals surface area contributed by atoms with Gasteiger partial charge < -0.3 is 0 Å². The summed E-state index contributed by atoms with van der Waals surface area (Å²) in [6.07, 6.45) is 5.60. The van der Waals surface area contributed by atoms with Gasteiger partial charge in [0.05, 0.1) is 0 Å². The molecule has 2 aliphatic rings. The van der Waals surface area contributed by atoms with Crippen LogP contribution in [0.2, 0.25) is 0 Å². The number of allylic oxidation sites excluding steroid dienone is 2. The molecule has 0 aromatic heterocycles. The number of halogens is 1. The zero-order valence-corrected chi connectivity index (χ0v) is 11.8. The van der Waals surface area contributed by atoms with Crippen LogP contribution in [0.25, 0.3) is 0 Å². The van der Waals surface area contributed by atoms with Crippen LogP contribution in [0.4, 0.5) is 0 Å². The molecule has 1 aliphatic carbocycles. The second-order valence-corrected chi connectivity index (χ2v) is 8.85. The fraction of sp³-hybridized carbons (Fsp3) is 0.750. The summed E-state index contributed by atoms with van der Waals surface area (Å²) in [6, 6.07) is 0. The Morgan fingerprint density at radius 3 is 3.00 bits per heavy atom. The number of hydrogen-bond acceptors (Lipinski definition) is 2. The monoisotopic (exact) mass is 320 g/mol. The van der Waals surface area contributed by atoms with Crippen LogP contribution in [0.1, 0.15) is 40.0 Å². The summed E-state index contributed by atoms with van der Waals surface area (Å²) in [5.74, 6) is 0.218. The van der Waals surface area contributed by atoms with Crippen molar-refractivity contribution in [2.75, 3.05) is 0 Å². The number of fused-ring (bicyclic) bond motifs is 1. The third-order valence-electron chi connectivity index (χ3n) is 3.27. The second kappa shape index (κ2) is 4.07. The quantitative estimate of drug-likeness (QED) is 0.276. The summed E-state index contributed by atoms with van der Waals surface area (Å²) in [4.78, 5) is 12.0. The molecule has 0 amide bonds. The van der Waals surface area contributed by atoms with Gasteiger partial charge in [-0.1, -0.05) is 0 Å². The van der Waals surface area contributed by atoms with Gasteiger partial charge in [-0.25, -0.2) is 0 Å². The number of carbonyl (C=O) groups excluding carboxylic acids is 1. The topological polar surface area (TPSA) is 29.1 Å². The van der Waals surface area contributed by atoms with Crippen LogP contribution in [0.5, 0.6) is 0 Å². The van der Waals surface area contributed by atoms with Gasteiger partial charge in [0.15, 0.2) is 0 Å². The molecule has 0 saturated carbocycles. The van der Waals surface area contributed by atoms with Crippen molar-refractivity contribution in [2.45, 2.75) is 44.1 Å². The van der Waals surface area contributed by atoms with Crippen LogP contribution in [-0.4, -0.2) is 7.84 Å². The minimum atomic E-state index is -0.291. The van der Waals surface area contributed by atoms with E-state index in [4.69, 9.17) is 0 Å². The normalized spacial score (nSPS) is 35.4. The number of nitrogens with one attached hydrogen (secondary N) is 1. The number of hydrogen-bond donors (Lipinski definition) is 1. The molecule has 1 saturated heterocycles. The molecule has 2 rings (SSSR count). The fourth-order valence-corrected chi connectivity index (χ4v) is 4.73. The van der Waals surface area contributed by atoms with Crippen LogP contribution in [0.3, 0.4) is 0 Å². The van der Waals surface area contributed by atoms with E-state index in [1.807, 2.05) is 0 Å². The Kier molecular flexibility index (Phi) is 3.10. The summed E-state index contributed by atoms with van der Waals surface area (Å²) in [5, 5.41) is 3.52. The predicted octanol–water partition coefficient (Wildman–Crippen LogP) is -0.739. The van der Waals surface area contributed by atoms with Crippen LogP contribution < -0.4 is 26.5 Å². The van der Waals surface area contributed by atoms with Crippen LogP contribution in [0, 0.1) is 11.3 Å². The van der Waals surface area contributed by atoms with E-state index in [1.54, 1.807) is 0 Å². The van der Waals surface area contributed by atoms with Crippen molar-refractivity contribution in [3.63, 3.8) is 0 Å². The Hall–Kier alpha value is -0.0600. The Morgan fingerprint density at radius 1 is 1.53 bits per heavy atom. The summed E-state index contributed by atoms with van der Waals surface area (Å²) in [6.45, 7) is 6.73. The van der Waals surface area contributed by atoms with Crippen LogP contribution in [0.15, 0.2) is 11.8 Å². The average molecular weight is 320 g/mol. The van der Waals surface area contributed by atoms with Crippen molar-refractivity contribution in [3.8, 4) is 0 Å². The molecular formula is C12H19INO-. The molecule has 1 N–H and O–H groups in total. The van der Waals surface area contributed by atoms with Gasteiger partial charge in [-0.2, -0.15) is 0 Å². The van der Waals surface area contributed by atoms with Gasteiger partial charge >= 0.3 is 102 Å². The van der Waals surface area contributed by atoms with Crippen LogP contribution in [-0.2, 0) is 4.79 Å². The molecule has 15 heavy (non-hydrogen) atoms. The molecule has 1 fully saturated rings. The van der Waals surface area contributed by atoms with Gasteiger partial charge in [0.25, 0.3) is 0 Å². The second-order valence-electron chi connectivity index (χ2n) is 5.29. The van der Waals surface area contributed by atoms with E-state index in [0.29, 0.717) is 13.3 Å². The summed E-state index contributed by atoms with van der Waals surface area (Å²) in [5.41, 5.74) is 1.59. The van der Waals surface area contributed by atoms with Gasteiger partial charge in [0, 0.05) is 0 Å². The zero-order valence-electron chi connectivity index (χ0n) is 9.64. The first-order chi connectivity index (χ1) is 6.98. The molecule has 2 nitrogen and oxygen atoms in total. The van der Waals surface area contributed by atoms with Crippen molar-refractivity contribution in [1.82, 2.24) is 5.32 Å². The first-order valence-corrected chi connectivity index (χ1v) is 7.94. The Balaban J connectivity index is 2.20. The van der Waals surface area contributed by atoms with E-state index in [-0.39, 0.29) is 27.1 Å². The van der Waals surface area contributed by atoms with Crippen molar-refractivity contribution in [3.05, 3.63) is 11.8 Å². The van der Waals surface area contributed by atoms with Crippen molar-refractivity contribution >= 4 is 3.79 Å². The summed E-state index contributed by atoms with van der Waals surface area (Å²) in [7, 11) is 0. The number of rotatable bonds is 0. The minimum absolute atomic E-state index is 0.218. The molecule has 0 spiro atoms. The molecule has 0 bridgehead atoms. The first kappa shape index (κ1) is 11.4. The van der Waals surface area contributed by atoms with Gasteiger partial charge in [-0.05, 0) is 0 Å². The predicted molar refractivity (Wildman–Crippen MR) is 56.8 cm³/mol. The van der Waals surface area contributed by atoms with Crippen molar-refractivity contribution in [2.24, 2.45) is 11.3 Å². The SMILES string of the molecule is CC1NC2=CCC(C)(C)CCC2C(=O)[I-]1. The number of alkyl halides is 1. The zero-order chi connectivity index (χ0) is 11.1. The third kappa shape index (κ3) is 2.55. The maximum absolute atomic E-state index is 12.0. The van der Waals surface area contributed by atoms with Crippen molar-refractivity contribution in [1.29, 1.82) is 0 Å². The van der Waals surface area contributed by atoms with Crippen LogP contribution >= 0.6 is 0 Å². The Bertz CT molecular complexity index is 309. The number of carbonyl (C=O) groups is 1. The van der Waals surface area contributed by atoms with Gasteiger partial charge in [0.2, 0.25) is 0 Å². The third-order valence-corrected chi connectivity index (χ3v) is 5.88. The Morgan fingerprint density at radius 2 is 2.27 bits per heavy atom. The molecule has 2 unspecified atom stereocenters. The standard InChI is InChI=1S/C12H19INO/c1-8-13-11(15)9-4-6-12(2,3)7-5-10(9)14-8/h5,8-9,14H,4,6-7H2,1-3H3/q-1. The molecule has 1 aliphatic heterocycles. The molecule has 2 atom stereocenters. The van der Waals surface area contributed by atoms with Gasteiger partial charge in [-0.3, -0.25) is 0 Å². The molecular weight excluding hydrogens is 301 g/mol. The van der Waals surface area contributed by atoms with Gasteiger partial charge in [0.1, 0.15) is 0 Å². The molecule has 0 aromatic rings. The van der Waals surface area contributed by atoms with Gasteiger partial charge in [-0.15, -0.1) is 0 Å². The van der Waals surface area contributed by atoms with E-state index in [2.05, 4.69) is 32.2 Å². The molecule has 1 heterocycles. The first-order valence-electron chi connectivity index (χ1n) is 5.62. The molecule has 0 aromatic carbocycles. The summed E-state index contributed by atoms with van der Waals surface area (Å²) < 4.78 is 0.976. The van der Waals surface area contributed by atoms with E-state index in [9.17, 15) is 4.79 Å². The molecule has 86 valence electrons. The molecule has 0 radical (unpaired) electrons. The van der Waals surface area contributed by atoms with E-state index < -0.39 is 0 Å². The van der Waals surface area contributed by atoms with E-state index >= 15 is 0 Å². The van der Waals surface area contributed by atoms with E-state index in [0.717, 1.165) is 12.8 Å². The molecule has 3 heteroatoms. The van der Waals surface area contributed by atoms with E-state index in [1.165, 1.54) is 12.1 Å². The fourth-order valence-electron chi connectivity index (χ4n) is 2.21. The summed E-state index contributed by atoms with van der Waals surface area (Å²) >= 11 is -0.291.